The summed E-state index contributed by atoms with van der Waals surface area (Å²) in [5.74, 6) is 0. The Morgan fingerprint density at radius 1 is 1.10 bits per heavy atom. The normalized spacial score (nSPS) is 13.5. The lowest BCUT2D eigenvalue weighted by Gasteiger charge is -2.12. The molecule has 0 atom stereocenters. The quantitative estimate of drug-likeness (QED) is 0.297. The van der Waals surface area contributed by atoms with Crippen molar-refractivity contribution in [2.24, 2.45) is 0 Å². The zero-order chi connectivity index (χ0) is 15.6. The van der Waals surface area contributed by atoms with Crippen molar-refractivity contribution in [3.8, 4) is 0 Å². The van der Waals surface area contributed by atoms with Crippen LogP contribution in [0.1, 0.15) is 0 Å². The number of aromatic nitrogens is 1. The first kappa shape index (κ1) is 19.2. The number of halogens is 6. The fourth-order valence-corrected chi connectivity index (χ4v) is 2.97. The van der Waals surface area contributed by atoms with Crippen LogP contribution in [0, 0.1) is 0 Å². The summed E-state index contributed by atoms with van der Waals surface area (Å²) in [7, 11) is -4.26. The summed E-state index contributed by atoms with van der Waals surface area (Å²) in [5.41, 5.74) is 0. The maximum atomic E-state index is 11.8. The van der Waals surface area contributed by atoms with Crippen LogP contribution in [0.15, 0.2) is 28.3 Å². The second kappa shape index (κ2) is 7.12. The summed E-state index contributed by atoms with van der Waals surface area (Å²) in [4.78, 5) is 8.04. The molecule has 0 saturated carbocycles. The summed E-state index contributed by atoms with van der Waals surface area (Å²) in [6.07, 6.45) is 0. The largest absolute Gasteiger partial charge is 0.327 e. The van der Waals surface area contributed by atoms with E-state index in [4.69, 9.17) is 69.6 Å². The summed E-state index contributed by atoms with van der Waals surface area (Å²) >= 11 is 32.4. The third-order valence-corrected chi connectivity index (χ3v) is 5.46. The molecule has 13 heteroatoms. The minimum absolute atomic E-state index is 0.0783. The Kier molecular flexibility index (Phi) is 6.82. The lowest BCUT2D eigenvalue weighted by molar-refractivity contribution is -0.197. The molecule has 1 aromatic rings. The number of sulfone groups is 1. The lowest BCUT2D eigenvalue weighted by Crippen LogP contribution is -2.20. The molecule has 0 aromatic carbocycles. The standard InChI is InChI=1S/C7H3Cl6NO4S2/c8-6(9,10)17-18-19-4-2-1-3-5(14-4)20(15,16)7(11,12)13/h1-3H. The Morgan fingerprint density at radius 3 is 2.20 bits per heavy atom. The van der Waals surface area contributed by atoms with E-state index in [9.17, 15) is 8.42 Å². The lowest BCUT2D eigenvalue weighted by atomic mass is 10.5. The van der Waals surface area contributed by atoms with Gasteiger partial charge in [-0.05, 0) is 12.1 Å². The van der Waals surface area contributed by atoms with E-state index in [1.54, 1.807) is 0 Å². The maximum Gasteiger partial charge on any atom is 0.327 e. The van der Waals surface area contributed by atoms with Crippen LogP contribution < -0.4 is 0 Å². The summed E-state index contributed by atoms with van der Waals surface area (Å²) in [5, 5.41) is -0.380. The molecule has 0 aliphatic heterocycles. The van der Waals surface area contributed by atoms with Gasteiger partial charge in [-0.2, -0.15) is 9.22 Å². The van der Waals surface area contributed by atoms with Crippen LogP contribution in [0.3, 0.4) is 0 Å². The fraction of sp³-hybridized carbons (Fsp3) is 0.286. The van der Waals surface area contributed by atoms with E-state index in [-0.39, 0.29) is 5.03 Å². The third-order valence-electron chi connectivity index (χ3n) is 1.53. The molecule has 0 bridgehead atoms. The minimum Gasteiger partial charge on any atom is -0.227 e. The maximum absolute atomic E-state index is 11.8. The van der Waals surface area contributed by atoms with Gasteiger partial charge in [0.25, 0.3) is 3.12 Å². The summed E-state index contributed by atoms with van der Waals surface area (Å²) in [6, 6.07) is 3.91. The molecule has 0 radical (unpaired) electrons. The third kappa shape index (κ3) is 5.72. The van der Waals surface area contributed by atoms with E-state index in [1.165, 1.54) is 12.1 Å². The van der Waals surface area contributed by atoms with E-state index in [2.05, 4.69) is 14.2 Å². The molecule has 0 unspecified atom stereocenters. The van der Waals surface area contributed by atoms with Gasteiger partial charge in [0.1, 0.15) is 5.03 Å². The number of nitrogens with zero attached hydrogens (tertiary/aromatic N) is 1. The molecule has 20 heavy (non-hydrogen) atoms. The molecule has 114 valence electrons. The van der Waals surface area contributed by atoms with E-state index in [0.29, 0.717) is 12.0 Å². The summed E-state index contributed by atoms with van der Waals surface area (Å²) in [6.45, 7) is 0. The van der Waals surface area contributed by atoms with Crippen LogP contribution in [-0.4, -0.2) is 20.5 Å². The molecule has 0 spiro atoms. The van der Waals surface area contributed by atoms with Gasteiger partial charge in [0.2, 0.25) is 9.84 Å². The van der Waals surface area contributed by atoms with Gasteiger partial charge >= 0.3 is 3.98 Å². The molecule has 5 nitrogen and oxygen atoms in total. The van der Waals surface area contributed by atoms with Crippen molar-refractivity contribution in [1.82, 2.24) is 4.98 Å². The molecule has 0 aliphatic rings. The highest BCUT2D eigenvalue weighted by atomic mass is 35.6. The average Bonchev–Trinajstić information content (AvgIpc) is 2.26. The van der Waals surface area contributed by atoms with Crippen molar-refractivity contribution in [1.29, 1.82) is 0 Å². The Balaban J connectivity index is 2.87. The van der Waals surface area contributed by atoms with Gasteiger partial charge in [-0.1, -0.05) is 75.7 Å². The molecule has 0 aliphatic carbocycles. The highest BCUT2D eigenvalue weighted by molar-refractivity contribution is 7.97. The minimum atomic E-state index is -4.26. The molecule has 1 heterocycles. The number of alkyl halides is 6. The van der Waals surface area contributed by atoms with Gasteiger partial charge in [-0.15, -0.1) is 0 Å². The van der Waals surface area contributed by atoms with Crippen LogP contribution in [0.5, 0.6) is 0 Å². The fourth-order valence-electron chi connectivity index (χ4n) is 0.801. The number of pyridine rings is 1. The van der Waals surface area contributed by atoms with Gasteiger partial charge in [0.15, 0.2) is 5.03 Å². The van der Waals surface area contributed by atoms with Crippen LogP contribution in [-0.2, 0) is 19.1 Å². The monoisotopic (exact) mass is 439 g/mol. The predicted octanol–water partition coefficient (Wildman–Crippen LogP) is 4.47. The SMILES string of the molecule is O=S(=O)(c1cccc(SOOC(Cl)(Cl)Cl)n1)C(Cl)(Cl)Cl. The van der Waals surface area contributed by atoms with Crippen molar-refractivity contribution in [3.63, 3.8) is 0 Å². The molecule has 0 fully saturated rings. The first-order chi connectivity index (χ1) is 8.93. The molecule has 1 rings (SSSR count). The topological polar surface area (TPSA) is 65.5 Å². The Hall–Kier alpha value is 1.11. The van der Waals surface area contributed by atoms with Gasteiger partial charge < -0.3 is 0 Å². The van der Waals surface area contributed by atoms with Crippen LogP contribution in [0.2, 0.25) is 0 Å². The molecule has 0 N–H and O–H groups in total. The number of hydrogen-bond acceptors (Lipinski definition) is 6. The Labute approximate surface area is 148 Å². The van der Waals surface area contributed by atoms with Crippen LogP contribution in [0.4, 0.5) is 0 Å². The molecule has 1 aromatic heterocycles. The smallest absolute Gasteiger partial charge is 0.227 e. The van der Waals surface area contributed by atoms with E-state index in [0.717, 1.165) is 6.07 Å². The van der Waals surface area contributed by atoms with E-state index in [1.807, 2.05) is 0 Å². The van der Waals surface area contributed by atoms with Gasteiger partial charge in [-0.3, -0.25) is 0 Å². The molecular weight excluding hydrogens is 439 g/mol. The highest BCUT2D eigenvalue weighted by Crippen LogP contribution is 2.37. The average molecular weight is 442 g/mol. The van der Waals surface area contributed by atoms with Crippen molar-refractivity contribution in [2.45, 2.75) is 17.2 Å². The predicted molar refractivity (Wildman–Crippen MR) is 80.0 cm³/mol. The van der Waals surface area contributed by atoms with Crippen molar-refractivity contribution in [2.75, 3.05) is 0 Å². The zero-order valence-electron chi connectivity index (χ0n) is 8.90. The second-order valence-electron chi connectivity index (χ2n) is 2.94. The van der Waals surface area contributed by atoms with Gasteiger partial charge in [0.05, 0.1) is 12.0 Å². The zero-order valence-corrected chi connectivity index (χ0v) is 15.1. The summed E-state index contributed by atoms with van der Waals surface area (Å²) < 4.78 is 23.5. The molecular formula is C7H3Cl6NO4S2. The van der Waals surface area contributed by atoms with E-state index >= 15 is 0 Å². The van der Waals surface area contributed by atoms with Crippen molar-refractivity contribution >= 4 is 91.5 Å². The first-order valence-corrected chi connectivity index (χ1v) is 8.80. The highest BCUT2D eigenvalue weighted by Gasteiger charge is 2.40. The number of hydrogen-bond donors (Lipinski definition) is 0. The van der Waals surface area contributed by atoms with Crippen LogP contribution in [0.25, 0.3) is 0 Å². The van der Waals surface area contributed by atoms with Gasteiger partial charge in [-0.25, -0.2) is 13.4 Å². The van der Waals surface area contributed by atoms with E-state index < -0.39 is 22.0 Å². The van der Waals surface area contributed by atoms with Crippen LogP contribution >= 0.6 is 81.6 Å². The number of rotatable bonds is 4. The first-order valence-electron chi connectivity index (χ1n) is 4.31. The Morgan fingerprint density at radius 2 is 1.70 bits per heavy atom. The Bertz CT molecular complexity index is 569. The second-order valence-corrected chi connectivity index (χ2v) is 10.8. The van der Waals surface area contributed by atoms with Crippen molar-refractivity contribution in [3.05, 3.63) is 18.2 Å². The van der Waals surface area contributed by atoms with Crippen molar-refractivity contribution < 1.29 is 17.6 Å². The molecule has 0 amide bonds. The molecule has 0 saturated heterocycles. The van der Waals surface area contributed by atoms with Gasteiger partial charge in [0, 0.05) is 0 Å².